The summed E-state index contributed by atoms with van der Waals surface area (Å²) in [6.45, 7) is 0. The van der Waals surface area contributed by atoms with E-state index in [0.29, 0.717) is 11.4 Å². The van der Waals surface area contributed by atoms with E-state index in [1.165, 1.54) is 18.2 Å². The number of carbonyl (C=O) groups is 1. The zero-order valence-electron chi connectivity index (χ0n) is 14.2. The van der Waals surface area contributed by atoms with Gasteiger partial charge in [0.05, 0.1) is 11.2 Å². The highest BCUT2D eigenvalue weighted by atomic mass is 19.1. The summed E-state index contributed by atoms with van der Waals surface area (Å²) in [4.78, 5) is 20.9. The second-order valence-corrected chi connectivity index (χ2v) is 5.90. The van der Waals surface area contributed by atoms with E-state index in [4.69, 9.17) is 0 Å². The highest BCUT2D eigenvalue weighted by molar-refractivity contribution is 6.03. The molecule has 0 aliphatic heterocycles. The minimum absolute atomic E-state index is 0.220. The SMILES string of the molecule is O=C(Nc1cccc(F)c1)c1cc(Nc2cccc3cccnc23)ccn1. The van der Waals surface area contributed by atoms with Crippen molar-refractivity contribution in [3.05, 3.63) is 90.6 Å². The molecule has 0 radical (unpaired) electrons. The maximum Gasteiger partial charge on any atom is 0.274 e. The molecule has 0 unspecified atom stereocenters. The van der Waals surface area contributed by atoms with Gasteiger partial charge in [-0.2, -0.15) is 0 Å². The van der Waals surface area contributed by atoms with Gasteiger partial charge in [-0.05, 0) is 42.5 Å². The van der Waals surface area contributed by atoms with Crippen LogP contribution in [0.1, 0.15) is 10.5 Å². The fourth-order valence-corrected chi connectivity index (χ4v) is 2.75. The van der Waals surface area contributed by atoms with Crippen LogP contribution in [0.3, 0.4) is 0 Å². The number of pyridine rings is 2. The van der Waals surface area contributed by atoms with Crippen LogP contribution < -0.4 is 10.6 Å². The number of hydrogen-bond acceptors (Lipinski definition) is 4. The second kappa shape index (κ2) is 7.21. The number of aromatic nitrogens is 2. The Balaban J connectivity index is 1.58. The smallest absolute Gasteiger partial charge is 0.274 e. The lowest BCUT2D eigenvalue weighted by Crippen LogP contribution is -2.14. The molecule has 0 aliphatic rings. The summed E-state index contributed by atoms with van der Waals surface area (Å²) in [6.07, 6.45) is 3.28. The molecule has 0 spiro atoms. The highest BCUT2D eigenvalue weighted by Gasteiger charge is 2.10. The van der Waals surface area contributed by atoms with Crippen molar-refractivity contribution in [2.45, 2.75) is 0 Å². The van der Waals surface area contributed by atoms with Crippen LogP contribution in [0.25, 0.3) is 10.9 Å². The number of nitrogens with zero attached hydrogens (tertiary/aromatic N) is 2. The van der Waals surface area contributed by atoms with Gasteiger partial charge in [0.25, 0.3) is 5.91 Å². The molecule has 1 amide bonds. The summed E-state index contributed by atoms with van der Waals surface area (Å²) in [5, 5.41) is 6.93. The molecule has 5 nitrogen and oxygen atoms in total. The maximum absolute atomic E-state index is 13.3. The molecule has 4 rings (SSSR count). The molecule has 27 heavy (non-hydrogen) atoms. The average molecular weight is 358 g/mol. The molecular formula is C21H15FN4O. The number of amides is 1. The molecule has 0 saturated heterocycles. The first-order chi connectivity index (χ1) is 13.2. The third-order valence-corrected chi connectivity index (χ3v) is 3.99. The lowest BCUT2D eigenvalue weighted by Gasteiger charge is -2.10. The Kier molecular flexibility index (Phi) is 4.45. The molecule has 2 N–H and O–H groups in total. The average Bonchev–Trinajstić information content (AvgIpc) is 2.68. The van der Waals surface area contributed by atoms with Gasteiger partial charge < -0.3 is 10.6 Å². The first-order valence-corrected chi connectivity index (χ1v) is 8.33. The lowest BCUT2D eigenvalue weighted by atomic mass is 10.2. The van der Waals surface area contributed by atoms with Gasteiger partial charge in [0.2, 0.25) is 0 Å². The van der Waals surface area contributed by atoms with Gasteiger partial charge >= 0.3 is 0 Å². The zero-order chi connectivity index (χ0) is 18.6. The molecule has 4 aromatic rings. The Morgan fingerprint density at radius 1 is 0.852 bits per heavy atom. The van der Waals surface area contributed by atoms with Crippen molar-refractivity contribution in [2.75, 3.05) is 10.6 Å². The summed E-state index contributed by atoms with van der Waals surface area (Å²) >= 11 is 0. The van der Waals surface area contributed by atoms with Crippen molar-refractivity contribution in [1.29, 1.82) is 0 Å². The number of fused-ring (bicyclic) bond motifs is 1. The summed E-state index contributed by atoms with van der Waals surface area (Å²) in [6, 6.07) is 18.8. The van der Waals surface area contributed by atoms with Gasteiger partial charge in [0.15, 0.2) is 0 Å². The standard InChI is InChI=1S/C21H15FN4O/c22-15-6-2-7-16(12-15)26-21(27)19-13-17(9-11-23-19)25-18-8-1-4-14-5-3-10-24-20(14)18/h1-13H,(H,23,25)(H,26,27). The monoisotopic (exact) mass is 358 g/mol. The maximum atomic E-state index is 13.3. The molecule has 2 aromatic heterocycles. The summed E-state index contributed by atoms with van der Waals surface area (Å²) in [5.74, 6) is -0.833. The van der Waals surface area contributed by atoms with Crippen LogP contribution in [0.15, 0.2) is 79.1 Å². The fraction of sp³-hybridized carbons (Fsp3) is 0. The molecule has 132 valence electrons. The van der Waals surface area contributed by atoms with Gasteiger partial charge in [0, 0.05) is 29.2 Å². The molecule has 2 aromatic carbocycles. The molecule has 0 aliphatic carbocycles. The Morgan fingerprint density at radius 3 is 2.59 bits per heavy atom. The predicted octanol–water partition coefficient (Wildman–Crippen LogP) is 4.76. The largest absolute Gasteiger partial charge is 0.354 e. The van der Waals surface area contributed by atoms with E-state index in [9.17, 15) is 9.18 Å². The van der Waals surface area contributed by atoms with Gasteiger partial charge in [-0.3, -0.25) is 14.8 Å². The van der Waals surface area contributed by atoms with Crippen LogP contribution in [0, 0.1) is 5.82 Å². The predicted molar refractivity (Wildman–Crippen MR) is 104 cm³/mol. The number of carbonyl (C=O) groups excluding carboxylic acids is 1. The minimum Gasteiger partial charge on any atom is -0.354 e. The number of benzene rings is 2. The summed E-state index contributed by atoms with van der Waals surface area (Å²) < 4.78 is 13.3. The zero-order valence-corrected chi connectivity index (χ0v) is 14.2. The van der Waals surface area contributed by atoms with Crippen molar-refractivity contribution >= 4 is 33.9 Å². The summed E-state index contributed by atoms with van der Waals surface area (Å²) in [7, 11) is 0. The van der Waals surface area contributed by atoms with Crippen LogP contribution in [0.4, 0.5) is 21.5 Å². The van der Waals surface area contributed by atoms with Crippen molar-refractivity contribution in [3.63, 3.8) is 0 Å². The van der Waals surface area contributed by atoms with Crippen molar-refractivity contribution in [2.24, 2.45) is 0 Å². The molecule has 0 atom stereocenters. The van der Waals surface area contributed by atoms with Crippen LogP contribution >= 0.6 is 0 Å². The molecular weight excluding hydrogens is 343 g/mol. The number of halogens is 1. The van der Waals surface area contributed by atoms with Crippen LogP contribution in [-0.2, 0) is 0 Å². The number of anilines is 3. The Labute approximate surface area is 154 Å². The van der Waals surface area contributed by atoms with Gasteiger partial charge in [-0.1, -0.05) is 24.3 Å². The van der Waals surface area contributed by atoms with Crippen LogP contribution in [-0.4, -0.2) is 15.9 Å². The molecule has 0 bridgehead atoms. The van der Waals surface area contributed by atoms with E-state index >= 15 is 0 Å². The fourth-order valence-electron chi connectivity index (χ4n) is 2.75. The molecule has 0 saturated carbocycles. The van der Waals surface area contributed by atoms with Gasteiger partial charge in [0.1, 0.15) is 11.5 Å². The number of nitrogens with one attached hydrogen (secondary N) is 2. The Bertz CT molecular complexity index is 1120. The van der Waals surface area contributed by atoms with Crippen molar-refractivity contribution < 1.29 is 9.18 Å². The van der Waals surface area contributed by atoms with E-state index in [2.05, 4.69) is 20.6 Å². The topological polar surface area (TPSA) is 66.9 Å². The normalized spacial score (nSPS) is 10.6. The first-order valence-electron chi connectivity index (χ1n) is 8.33. The second-order valence-electron chi connectivity index (χ2n) is 5.90. The van der Waals surface area contributed by atoms with Gasteiger partial charge in [-0.25, -0.2) is 4.39 Å². The van der Waals surface area contributed by atoms with E-state index in [0.717, 1.165) is 16.6 Å². The van der Waals surface area contributed by atoms with Crippen LogP contribution in [0.5, 0.6) is 0 Å². The number of para-hydroxylation sites is 1. The van der Waals surface area contributed by atoms with E-state index in [1.54, 1.807) is 30.6 Å². The number of rotatable bonds is 4. The third-order valence-electron chi connectivity index (χ3n) is 3.99. The minimum atomic E-state index is -0.417. The first kappa shape index (κ1) is 16.7. The third kappa shape index (κ3) is 3.74. The highest BCUT2D eigenvalue weighted by Crippen LogP contribution is 2.24. The quantitative estimate of drug-likeness (QED) is 0.552. The van der Waals surface area contributed by atoms with Crippen molar-refractivity contribution in [3.8, 4) is 0 Å². The molecule has 6 heteroatoms. The van der Waals surface area contributed by atoms with Gasteiger partial charge in [-0.15, -0.1) is 0 Å². The summed E-state index contributed by atoms with van der Waals surface area (Å²) in [5.41, 5.74) is 2.96. The Morgan fingerprint density at radius 2 is 1.70 bits per heavy atom. The van der Waals surface area contributed by atoms with E-state index < -0.39 is 11.7 Å². The van der Waals surface area contributed by atoms with E-state index in [1.807, 2.05) is 30.3 Å². The molecule has 0 fully saturated rings. The van der Waals surface area contributed by atoms with Crippen molar-refractivity contribution in [1.82, 2.24) is 9.97 Å². The van der Waals surface area contributed by atoms with E-state index in [-0.39, 0.29) is 5.69 Å². The molecule has 2 heterocycles. The Hall–Kier alpha value is -3.80. The lowest BCUT2D eigenvalue weighted by molar-refractivity contribution is 0.102. The number of hydrogen-bond donors (Lipinski definition) is 2. The van der Waals surface area contributed by atoms with Crippen LogP contribution in [0.2, 0.25) is 0 Å².